The summed E-state index contributed by atoms with van der Waals surface area (Å²) in [6, 6.07) is 17.6. The van der Waals surface area contributed by atoms with E-state index in [1.54, 1.807) is 47.2 Å². The highest BCUT2D eigenvalue weighted by Crippen LogP contribution is 2.34. The van der Waals surface area contributed by atoms with E-state index in [9.17, 15) is 42.3 Å². The Hall–Kier alpha value is -7.42. The van der Waals surface area contributed by atoms with Gasteiger partial charge in [0.15, 0.2) is 5.65 Å². The molecule has 3 fully saturated rings. The van der Waals surface area contributed by atoms with E-state index in [2.05, 4.69) is 48.1 Å². The lowest BCUT2D eigenvalue weighted by atomic mass is 9.86. The number of nitrogens with zero attached hydrogens (tertiary/aromatic N) is 7. The molecule has 23 heteroatoms. The maximum atomic E-state index is 13.8. The van der Waals surface area contributed by atoms with Crippen molar-refractivity contribution in [2.24, 2.45) is 5.41 Å². The highest BCUT2D eigenvalue weighted by Gasteiger charge is 2.41. The second-order valence-electron chi connectivity index (χ2n) is 23.8. The van der Waals surface area contributed by atoms with Crippen LogP contribution in [-0.2, 0) is 30.1 Å². The predicted molar refractivity (Wildman–Crippen MR) is 328 cm³/mol. The van der Waals surface area contributed by atoms with Crippen LogP contribution in [0.25, 0.3) is 16.1 Å². The van der Waals surface area contributed by atoms with Crippen LogP contribution in [0.1, 0.15) is 148 Å². The quantitative estimate of drug-likeness (QED) is 0.0378. The lowest BCUT2D eigenvalue weighted by Gasteiger charge is -2.37. The van der Waals surface area contributed by atoms with E-state index < -0.39 is 47.2 Å². The summed E-state index contributed by atoms with van der Waals surface area (Å²) < 4.78 is 48.5. The van der Waals surface area contributed by atoms with E-state index >= 15 is 0 Å². The Morgan fingerprint density at radius 2 is 1.55 bits per heavy atom. The molecule has 0 radical (unpaired) electrons. The molecular formula is C64H75ClF3N11O7S. The van der Waals surface area contributed by atoms with Crippen molar-refractivity contribution in [3.63, 3.8) is 0 Å². The average molecular weight is 1230 g/mol. The number of hydrazine groups is 1. The fraction of sp³-hybridized carbons (Fsp3) is 0.469. The zero-order valence-electron chi connectivity index (χ0n) is 49.8. The van der Waals surface area contributed by atoms with Gasteiger partial charge in [0.1, 0.15) is 23.6 Å². The standard InChI is InChI=1S/C64H75ClF3N11O7S/c1-39-42(12-11-13-52(39)60(83)72-47-33-45(64(66,67)68)32-46(65)34-47)20-21-48-36-69-54-22-23-55(74-79(48)54)76-28-24-50(25-29-76)86-51-26-30-77(31-27-51)57(82)15-10-8-7-9-14-56(81)73-59(63(4,5)6)62(85)75-78-37-49(80)35-53(78)61(84)71-40(2)43-16-18-44(19-17-43)58-41(3)70-38-87-58/h11-13,16-19,22-23,32-34,36,38,40,49-51,53,59,80H,7-10,14-15,24-31,35,37H2,1-6H3,(H,71,84)(H,72,83)(H,73,81)(H,75,85)/t40-,49+,53-,59+/m0/s1. The zero-order valence-corrected chi connectivity index (χ0v) is 51.4. The Bertz CT molecular complexity index is 3510. The van der Waals surface area contributed by atoms with Gasteiger partial charge in [-0.1, -0.05) is 81.5 Å². The number of aliphatic hydroxyl groups excluding tert-OH is 1. The number of hydrogen-bond donors (Lipinski definition) is 5. The van der Waals surface area contributed by atoms with Crippen molar-refractivity contribution in [2.45, 2.75) is 155 Å². The molecule has 462 valence electrons. The van der Waals surface area contributed by atoms with Crippen LogP contribution >= 0.6 is 22.9 Å². The summed E-state index contributed by atoms with van der Waals surface area (Å²) in [4.78, 5) is 81.2. The fourth-order valence-corrected chi connectivity index (χ4v) is 12.3. The molecule has 5 amide bonds. The van der Waals surface area contributed by atoms with Gasteiger partial charge in [-0.25, -0.2) is 19.5 Å². The van der Waals surface area contributed by atoms with Gasteiger partial charge in [0.2, 0.25) is 17.7 Å². The number of nitrogens with one attached hydrogen (secondary N) is 4. The minimum Gasteiger partial charge on any atom is -0.392 e. The molecule has 3 aliphatic rings. The van der Waals surface area contributed by atoms with Crippen LogP contribution in [0, 0.1) is 31.1 Å². The van der Waals surface area contributed by atoms with Crippen molar-refractivity contribution < 1.29 is 47.0 Å². The number of carbonyl (C=O) groups excluding carboxylic acids is 5. The minimum absolute atomic E-state index is 0.0631. The van der Waals surface area contributed by atoms with Gasteiger partial charge in [-0.05, 0) is 130 Å². The number of anilines is 2. The van der Waals surface area contributed by atoms with Gasteiger partial charge in [-0.15, -0.1) is 16.4 Å². The van der Waals surface area contributed by atoms with Gasteiger partial charge < -0.3 is 35.6 Å². The third-order valence-electron chi connectivity index (χ3n) is 16.3. The minimum atomic E-state index is -4.63. The number of thiazole rings is 1. The number of likely N-dealkylation sites (tertiary alicyclic amines) is 1. The Morgan fingerprint density at radius 3 is 2.23 bits per heavy atom. The molecule has 5 N–H and O–H groups in total. The molecule has 3 aromatic heterocycles. The highest BCUT2D eigenvalue weighted by atomic mass is 35.5. The first-order chi connectivity index (χ1) is 41.5. The van der Waals surface area contributed by atoms with Crippen molar-refractivity contribution in [3.8, 4) is 22.3 Å². The summed E-state index contributed by atoms with van der Waals surface area (Å²) in [5.41, 5.74) is 8.34. The summed E-state index contributed by atoms with van der Waals surface area (Å²) in [6.45, 7) is 14.0. The SMILES string of the molecule is Cc1ncsc1-c1ccc([C@H](C)NC(=O)[C@@H]2C[C@@H](O)CN2NC(=O)[C@@H](NC(=O)CCCCCCC(=O)N2CCC(OC3CCN(c4ccc5ncc(C#Cc6cccc(C(=O)Nc7cc(Cl)cc(C(F)(F)F)c7)c6C)n5n4)CC3)CC2)C(C)(C)C)cc1. The first-order valence-corrected chi connectivity index (χ1v) is 30.9. The second-order valence-corrected chi connectivity index (χ2v) is 25.1. The van der Waals surface area contributed by atoms with E-state index in [-0.39, 0.29) is 71.6 Å². The monoisotopic (exact) mass is 1230 g/mol. The molecule has 9 rings (SSSR count). The molecule has 0 saturated carbocycles. The summed E-state index contributed by atoms with van der Waals surface area (Å²) in [5, 5.41) is 25.3. The largest absolute Gasteiger partial charge is 0.416 e. The number of hydrogen-bond acceptors (Lipinski definition) is 13. The number of aliphatic hydroxyl groups is 1. The molecule has 18 nitrogen and oxygen atoms in total. The van der Waals surface area contributed by atoms with Gasteiger partial charge in [0.05, 0.1) is 52.2 Å². The number of benzene rings is 3. The first kappa shape index (κ1) is 64.1. The molecule has 4 atom stereocenters. The summed E-state index contributed by atoms with van der Waals surface area (Å²) >= 11 is 7.50. The van der Waals surface area contributed by atoms with Crippen LogP contribution in [-0.4, -0.2) is 127 Å². The fourth-order valence-electron chi connectivity index (χ4n) is 11.3. The number of halogens is 4. The van der Waals surface area contributed by atoms with Crippen molar-refractivity contribution in [3.05, 3.63) is 129 Å². The summed E-state index contributed by atoms with van der Waals surface area (Å²) in [5.74, 6) is 5.48. The number of amides is 5. The van der Waals surface area contributed by atoms with E-state index in [1.807, 2.05) is 81.4 Å². The van der Waals surface area contributed by atoms with Crippen LogP contribution in [0.3, 0.4) is 0 Å². The third-order valence-corrected chi connectivity index (χ3v) is 17.5. The number of rotatable bonds is 19. The topological polar surface area (TPSA) is 216 Å². The predicted octanol–water partition coefficient (Wildman–Crippen LogP) is 9.99. The number of imidazole rings is 1. The normalized spacial score (nSPS) is 17.8. The highest BCUT2D eigenvalue weighted by molar-refractivity contribution is 7.13. The number of alkyl halides is 3. The van der Waals surface area contributed by atoms with Crippen molar-refractivity contribution in [1.29, 1.82) is 0 Å². The number of aryl methyl sites for hydroxylation is 1. The number of fused-ring (bicyclic) bond motifs is 1. The van der Waals surface area contributed by atoms with Crippen molar-refractivity contribution in [1.82, 2.24) is 45.6 Å². The maximum absolute atomic E-state index is 13.8. The van der Waals surface area contributed by atoms with E-state index in [0.717, 1.165) is 91.3 Å². The lowest BCUT2D eigenvalue weighted by Crippen LogP contribution is -2.59. The summed E-state index contributed by atoms with van der Waals surface area (Å²) in [6.07, 6.45) is 3.11. The zero-order chi connectivity index (χ0) is 62.2. The van der Waals surface area contributed by atoms with Crippen LogP contribution in [0.2, 0.25) is 5.02 Å². The second kappa shape index (κ2) is 28.2. The first-order valence-electron chi connectivity index (χ1n) is 29.7. The van der Waals surface area contributed by atoms with Gasteiger partial charge in [0, 0.05) is 73.8 Å². The van der Waals surface area contributed by atoms with E-state index in [4.69, 9.17) is 21.4 Å². The molecule has 0 unspecified atom stereocenters. The molecule has 3 aliphatic heterocycles. The molecule has 0 bridgehead atoms. The van der Waals surface area contributed by atoms with Crippen LogP contribution in [0.4, 0.5) is 24.7 Å². The Balaban J connectivity index is 0.658. The Kier molecular flexibility index (Phi) is 20.7. The van der Waals surface area contributed by atoms with Gasteiger partial charge in [0.25, 0.3) is 11.8 Å². The molecule has 6 heterocycles. The molecule has 87 heavy (non-hydrogen) atoms. The molecule has 0 aliphatic carbocycles. The third kappa shape index (κ3) is 16.6. The lowest BCUT2D eigenvalue weighted by molar-refractivity contribution is -0.138. The molecular weight excluding hydrogens is 1160 g/mol. The summed E-state index contributed by atoms with van der Waals surface area (Å²) in [7, 11) is 0. The smallest absolute Gasteiger partial charge is 0.392 e. The van der Waals surface area contributed by atoms with Crippen molar-refractivity contribution in [2.75, 3.05) is 42.9 Å². The van der Waals surface area contributed by atoms with E-state index in [0.29, 0.717) is 54.8 Å². The number of aromatic nitrogens is 4. The number of carbonyl (C=O) groups is 5. The Labute approximate surface area is 513 Å². The van der Waals surface area contributed by atoms with Gasteiger partial charge in [-0.3, -0.25) is 29.4 Å². The Morgan fingerprint density at radius 1 is 0.851 bits per heavy atom. The van der Waals surface area contributed by atoms with Crippen LogP contribution in [0.15, 0.2) is 84.5 Å². The number of ether oxygens (including phenoxy) is 1. The van der Waals surface area contributed by atoms with E-state index in [1.165, 1.54) is 11.1 Å². The van der Waals surface area contributed by atoms with Crippen LogP contribution < -0.4 is 26.3 Å². The number of unbranched alkanes of at least 4 members (excludes halogenated alkanes) is 3. The van der Waals surface area contributed by atoms with Gasteiger partial charge in [-0.2, -0.15) is 13.2 Å². The van der Waals surface area contributed by atoms with Crippen molar-refractivity contribution >= 4 is 69.6 Å². The average Bonchev–Trinajstić information content (AvgIpc) is 3.53. The number of β-amino-alcohol motifs (C(OH)–C–C–N with tert-alkyl or cyclic N) is 1. The van der Waals surface area contributed by atoms with Gasteiger partial charge >= 0.3 is 6.18 Å². The van der Waals surface area contributed by atoms with Crippen LogP contribution in [0.5, 0.6) is 0 Å². The maximum Gasteiger partial charge on any atom is 0.416 e. The molecule has 6 aromatic rings. The molecule has 3 aromatic carbocycles. The molecule has 3 saturated heterocycles. The number of piperidine rings is 2. The molecule has 0 spiro atoms.